The maximum absolute atomic E-state index is 13.9. The number of halogens is 2. The summed E-state index contributed by atoms with van der Waals surface area (Å²) in [4.78, 5) is 3.43. The highest BCUT2D eigenvalue weighted by molar-refractivity contribution is 7.99. The van der Waals surface area contributed by atoms with Gasteiger partial charge in [0.2, 0.25) is 0 Å². The van der Waals surface area contributed by atoms with E-state index < -0.39 is 11.6 Å². The van der Waals surface area contributed by atoms with Gasteiger partial charge in [-0.15, -0.1) is 11.8 Å². The molecule has 0 saturated heterocycles. The number of aromatic nitrogens is 2. The molecule has 31 heavy (non-hydrogen) atoms. The molecule has 1 aliphatic heterocycles. The molecule has 0 radical (unpaired) electrons. The Hall–Kier alpha value is -2.54. The van der Waals surface area contributed by atoms with Gasteiger partial charge in [-0.1, -0.05) is 6.07 Å². The number of anilines is 1. The van der Waals surface area contributed by atoms with Gasteiger partial charge in [-0.05, 0) is 63.1 Å². The zero-order valence-electron chi connectivity index (χ0n) is 18.3. The average molecular weight is 444 g/mol. The van der Waals surface area contributed by atoms with Crippen LogP contribution < -0.4 is 9.64 Å². The number of rotatable bonds is 5. The van der Waals surface area contributed by atoms with Crippen LogP contribution in [-0.4, -0.2) is 23.4 Å². The van der Waals surface area contributed by atoms with E-state index in [-0.39, 0.29) is 5.25 Å². The van der Waals surface area contributed by atoms with E-state index >= 15 is 0 Å². The lowest BCUT2D eigenvalue weighted by atomic mass is 10.1. The molecule has 0 N–H and O–H groups in total. The summed E-state index contributed by atoms with van der Waals surface area (Å²) >= 11 is 1.68. The SMILES string of the molecule is CCn1nc(C)c(CN2CC[C@@H](c3ccc(F)c(F)c3)Sc3cc(OC)ccc32)c1C. The van der Waals surface area contributed by atoms with Crippen molar-refractivity contribution >= 4 is 17.4 Å². The van der Waals surface area contributed by atoms with Gasteiger partial charge in [0.25, 0.3) is 0 Å². The Balaban J connectivity index is 1.70. The molecule has 0 bridgehead atoms. The van der Waals surface area contributed by atoms with E-state index in [9.17, 15) is 8.78 Å². The molecule has 0 spiro atoms. The molecule has 4 nitrogen and oxygen atoms in total. The third kappa shape index (κ3) is 4.28. The van der Waals surface area contributed by atoms with Crippen LogP contribution >= 0.6 is 11.8 Å². The predicted molar refractivity (Wildman–Crippen MR) is 121 cm³/mol. The molecule has 0 amide bonds. The molecule has 2 aromatic carbocycles. The molecule has 1 aliphatic rings. The molecule has 0 unspecified atom stereocenters. The lowest BCUT2D eigenvalue weighted by Gasteiger charge is -2.25. The van der Waals surface area contributed by atoms with Gasteiger partial charge in [-0.2, -0.15) is 5.10 Å². The van der Waals surface area contributed by atoms with Crippen LogP contribution in [0.1, 0.15) is 41.1 Å². The lowest BCUT2D eigenvalue weighted by molar-refractivity contribution is 0.413. The van der Waals surface area contributed by atoms with E-state index in [2.05, 4.69) is 36.8 Å². The largest absolute Gasteiger partial charge is 0.497 e. The molecule has 2 heterocycles. The minimum Gasteiger partial charge on any atom is -0.497 e. The second-order valence-corrected chi connectivity index (χ2v) is 9.03. The summed E-state index contributed by atoms with van der Waals surface area (Å²) in [6, 6.07) is 10.3. The van der Waals surface area contributed by atoms with Crippen molar-refractivity contribution in [3.8, 4) is 5.75 Å². The van der Waals surface area contributed by atoms with Gasteiger partial charge in [-0.3, -0.25) is 4.68 Å². The number of hydrogen-bond donors (Lipinski definition) is 0. The predicted octanol–water partition coefficient (Wildman–Crippen LogP) is 6.05. The number of thioether (sulfide) groups is 1. The molecule has 0 saturated carbocycles. The molecule has 1 atom stereocenters. The maximum Gasteiger partial charge on any atom is 0.159 e. The topological polar surface area (TPSA) is 30.3 Å². The number of methoxy groups -OCH3 is 1. The zero-order chi connectivity index (χ0) is 22.1. The summed E-state index contributed by atoms with van der Waals surface area (Å²) in [5.74, 6) is -0.837. The summed E-state index contributed by atoms with van der Waals surface area (Å²) in [6.45, 7) is 8.66. The fraction of sp³-hybridized carbons (Fsp3) is 0.375. The van der Waals surface area contributed by atoms with Crippen molar-refractivity contribution in [3.05, 3.63) is 70.5 Å². The third-order valence-electron chi connectivity index (χ3n) is 5.93. The fourth-order valence-electron chi connectivity index (χ4n) is 4.16. The summed E-state index contributed by atoms with van der Waals surface area (Å²) in [5.41, 5.74) is 5.39. The Labute approximate surface area is 186 Å². The number of ether oxygens (including phenoxy) is 1. The van der Waals surface area contributed by atoms with Crippen molar-refractivity contribution in [1.82, 2.24) is 9.78 Å². The van der Waals surface area contributed by atoms with Gasteiger partial charge in [0.15, 0.2) is 11.6 Å². The van der Waals surface area contributed by atoms with Crippen LogP contribution in [0.5, 0.6) is 5.75 Å². The van der Waals surface area contributed by atoms with E-state index in [0.717, 1.165) is 53.6 Å². The Morgan fingerprint density at radius 3 is 2.61 bits per heavy atom. The second kappa shape index (κ2) is 8.91. The fourth-order valence-corrected chi connectivity index (χ4v) is 5.47. The van der Waals surface area contributed by atoms with Crippen molar-refractivity contribution in [2.75, 3.05) is 18.6 Å². The minimum atomic E-state index is -0.815. The summed E-state index contributed by atoms with van der Waals surface area (Å²) in [7, 11) is 1.65. The monoisotopic (exact) mass is 443 g/mol. The smallest absolute Gasteiger partial charge is 0.159 e. The molecular weight excluding hydrogens is 416 g/mol. The quantitative estimate of drug-likeness (QED) is 0.480. The van der Waals surface area contributed by atoms with Crippen LogP contribution in [0.15, 0.2) is 41.3 Å². The van der Waals surface area contributed by atoms with E-state index in [4.69, 9.17) is 4.74 Å². The van der Waals surface area contributed by atoms with Gasteiger partial charge in [0, 0.05) is 41.0 Å². The first-order valence-corrected chi connectivity index (χ1v) is 11.4. The molecule has 7 heteroatoms. The molecule has 0 fully saturated rings. The van der Waals surface area contributed by atoms with E-state index in [1.807, 2.05) is 16.8 Å². The van der Waals surface area contributed by atoms with Crippen molar-refractivity contribution in [1.29, 1.82) is 0 Å². The average Bonchev–Trinajstić information content (AvgIpc) is 2.93. The molecule has 1 aromatic heterocycles. The van der Waals surface area contributed by atoms with Crippen LogP contribution in [0.4, 0.5) is 14.5 Å². The second-order valence-electron chi connectivity index (χ2n) is 7.79. The molecule has 0 aliphatic carbocycles. The Kier molecular flexibility index (Phi) is 6.23. The first-order chi connectivity index (χ1) is 14.9. The van der Waals surface area contributed by atoms with Gasteiger partial charge in [0.1, 0.15) is 5.75 Å². The first-order valence-electron chi connectivity index (χ1n) is 10.5. The summed E-state index contributed by atoms with van der Waals surface area (Å²) in [6.07, 6.45) is 0.812. The minimum absolute atomic E-state index is 0.0199. The standard InChI is InChI=1S/C24H27F2N3OS/c1-5-29-16(3)19(15(2)27-29)14-28-11-10-23(17-6-8-20(25)21(26)12-17)31-24-13-18(30-4)7-9-22(24)28/h6-9,12-13,23H,5,10-11,14H2,1-4H3/t23-/m0/s1. The molecule has 3 aromatic rings. The summed E-state index contributed by atoms with van der Waals surface area (Å²) < 4.78 is 34.9. The lowest BCUT2D eigenvalue weighted by Crippen LogP contribution is -2.24. The Morgan fingerprint density at radius 1 is 1.13 bits per heavy atom. The van der Waals surface area contributed by atoms with Crippen LogP contribution in [0.25, 0.3) is 0 Å². The van der Waals surface area contributed by atoms with E-state index in [1.54, 1.807) is 24.9 Å². The number of aryl methyl sites for hydroxylation is 2. The van der Waals surface area contributed by atoms with Gasteiger partial charge in [0.05, 0.1) is 18.5 Å². The van der Waals surface area contributed by atoms with Crippen LogP contribution in [0.3, 0.4) is 0 Å². The van der Waals surface area contributed by atoms with Crippen molar-refractivity contribution in [2.24, 2.45) is 0 Å². The number of benzene rings is 2. The highest BCUT2D eigenvalue weighted by Crippen LogP contribution is 2.47. The normalized spacial score (nSPS) is 16.2. The zero-order valence-corrected chi connectivity index (χ0v) is 19.1. The maximum atomic E-state index is 13.9. The first kappa shape index (κ1) is 21.7. The van der Waals surface area contributed by atoms with Crippen LogP contribution in [-0.2, 0) is 13.1 Å². The molecule has 164 valence electrons. The highest BCUT2D eigenvalue weighted by atomic mass is 32.2. The van der Waals surface area contributed by atoms with E-state index in [1.165, 1.54) is 23.4 Å². The number of hydrogen-bond acceptors (Lipinski definition) is 4. The number of fused-ring (bicyclic) bond motifs is 1. The molecular formula is C24H27F2N3OS. The highest BCUT2D eigenvalue weighted by Gasteiger charge is 2.26. The number of nitrogens with zero attached hydrogens (tertiary/aromatic N) is 3. The van der Waals surface area contributed by atoms with Crippen molar-refractivity contribution < 1.29 is 13.5 Å². The molecule has 4 rings (SSSR count). The van der Waals surface area contributed by atoms with Gasteiger partial charge < -0.3 is 9.64 Å². The van der Waals surface area contributed by atoms with Gasteiger partial charge in [-0.25, -0.2) is 8.78 Å². The van der Waals surface area contributed by atoms with Crippen molar-refractivity contribution in [2.45, 2.75) is 50.4 Å². The Morgan fingerprint density at radius 2 is 1.94 bits per heavy atom. The summed E-state index contributed by atoms with van der Waals surface area (Å²) in [5, 5.41) is 4.69. The van der Waals surface area contributed by atoms with Crippen LogP contribution in [0.2, 0.25) is 0 Å². The van der Waals surface area contributed by atoms with Crippen molar-refractivity contribution in [3.63, 3.8) is 0 Å². The Bertz CT molecular complexity index is 1100. The van der Waals surface area contributed by atoms with Gasteiger partial charge >= 0.3 is 0 Å². The third-order valence-corrected chi connectivity index (χ3v) is 7.31. The van der Waals surface area contributed by atoms with Crippen LogP contribution in [0, 0.1) is 25.5 Å². The van der Waals surface area contributed by atoms with E-state index in [0.29, 0.717) is 0 Å².